The van der Waals surface area contributed by atoms with Crippen LogP contribution in [0.1, 0.15) is 13.2 Å². The summed E-state index contributed by atoms with van der Waals surface area (Å²) in [6, 6.07) is 7.92. The zero-order valence-electron chi connectivity index (χ0n) is 9.17. The van der Waals surface area contributed by atoms with Crippen molar-refractivity contribution in [3.8, 4) is 0 Å². The van der Waals surface area contributed by atoms with Crippen molar-refractivity contribution in [2.24, 2.45) is 0 Å². The molecule has 0 aliphatic rings. The van der Waals surface area contributed by atoms with Crippen LogP contribution in [0, 0.1) is 0 Å². The second-order valence-corrected chi connectivity index (χ2v) is 2.09. The Bertz CT molecular complexity index is 319. The van der Waals surface area contributed by atoms with Crippen molar-refractivity contribution in [1.29, 1.82) is 0 Å². The third kappa shape index (κ3) is 4.10. The quantitative estimate of drug-likeness (QED) is 0.428. The molecule has 1 rings (SSSR count). The average Bonchev–Trinajstić information content (AvgIpc) is 2.15. The average molecular weight is 208 g/mol. The van der Waals surface area contributed by atoms with E-state index >= 15 is 0 Å². The summed E-state index contributed by atoms with van der Waals surface area (Å²) in [6.45, 7) is 0. The van der Waals surface area contributed by atoms with E-state index in [-0.39, 0.29) is 31.5 Å². The van der Waals surface area contributed by atoms with Gasteiger partial charge in [0.05, 0.1) is 5.56 Å². The number of carbonyl (C=O) groups excluding carboxylic acids is 1. The van der Waals surface area contributed by atoms with Gasteiger partial charge in [0, 0.05) is 0 Å². The van der Waals surface area contributed by atoms with Crippen molar-refractivity contribution in [1.82, 2.24) is 0 Å². The van der Waals surface area contributed by atoms with Crippen LogP contribution < -0.4 is 0 Å². The Morgan fingerprint density at radius 2 is 1.71 bits per heavy atom. The molecule has 1 N–H and O–H groups in total. The van der Waals surface area contributed by atoms with Gasteiger partial charge in [-0.25, -0.2) is 19.4 Å². The van der Waals surface area contributed by atoms with Crippen LogP contribution in [-0.4, -0.2) is 40.3 Å². The first-order valence-corrected chi connectivity index (χ1v) is 3.37. The molecule has 72 valence electrons. The molecule has 14 heavy (non-hydrogen) atoms. The van der Waals surface area contributed by atoms with Crippen molar-refractivity contribution >= 4 is 35.2 Å². The number of benzene rings is 1. The molecule has 0 aliphatic carbocycles. The molecular formula is C8H8MgO5. The van der Waals surface area contributed by atoms with E-state index in [1.807, 2.05) is 0 Å². The summed E-state index contributed by atoms with van der Waals surface area (Å²) >= 11 is 0. The Balaban J connectivity index is -0.000000563. The van der Waals surface area contributed by atoms with Crippen LogP contribution in [0.2, 0.25) is 0 Å². The Morgan fingerprint density at radius 3 is 2.21 bits per heavy atom. The predicted molar refractivity (Wildman–Crippen MR) is 48.9 cm³/mol. The maximum atomic E-state index is 10.9. The fourth-order valence-electron chi connectivity index (χ4n) is 0.696. The molecule has 5 nitrogen and oxygen atoms in total. The third-order valence-corrected chi connectivity index (χ3v) is 1.20. The molecule has 0 spiro atoms. The molecular weight excluding hydrogens is 200 g/mol. The maximum Gasteiger partial charge on any atom is 2.00 e. The molecule has 0 aromatic heterocycles. The molecule has 1 aromatic rings. The monoisotopic (exact) mass is 208 g/mol. The van der Waals surface area contributed by atoms with Gasteiger partial charge in [-0.1, -0.05) is 18.2 Å². The summed E-state index contributed by atoms with van der Waals surface area (Å²) in [5.41, 5.74) is 0.226. The number of carboxylic acid groups (broad SMARTS) is 1. The van der Waals surface area contributed by atoms with Gasteiger partial charge < -0.3 is 7.96 Å². The summed E-state index contributed by atoms with van der Waals surface area (Å²) in [6.07, 6.45) is -1.66. The number of hydrogen-bond acceptors (Lipinski definition) is 4. The fraction of sp³-hybridized carbons (Fsp3) is 0. The zero-order valence-corrected chi connectivity index (χ0v) is 8.59. The fourth-order valence-corrected chi connectivity index (χ4v) is 0.696. The van der Waals surface area contributed by atoms with Gasteiger partial charge in [0.1, 0.15) is 0 Å². The van der Waals surface area contributed by atoms with E-state index in [1.165, 1.54) is 12.1 Å². The Labute approximate surface area is 98.7 Å². The van der Waals surface area contributed by atoms with Crippen LogP contribution in [0.15, 0.2) is 30.3 Å². The summed E-state index contributed by atoms with van der Waals surface area (Å²) in [5, 5.41) is 8.01. The van der Waals surface area contributed by atoms with E-state index < -0.39 is 12.1 Å². The minimum absolute atomic E-state index is 0. The Morgan fingerprint density at radius 1 is 1.14 bits per heavy atom. The van der Waals surface area contributed by atoms with E-state index in [9.17, 15) is 9.59 Å². The largest absolute Gasteiger partial charge is 2.00 e. The first-order valence-electron chi connectivity index (χ1n) is 3.37. The van der Waals surface area contributed by atoms with Gasteiger partial charge in [0.2, 0.25) is 0 Å². The number of rotatable bonds is 1. The van der Waals surface area contributed by atoms with E-state index in [0.29, 0.717) is 0 Å². The zero-order chi connectivity index (χ0) is 9.68. The molecule has 0 unspecified atom stereocenters. The Kier molecular flexibility index (Phi) is 5.66. The van der Waals surface area contributed by atoms with Gasteiger partial charge >= 0.3 is 35.2 Å². The Hall–Kier alpha value is -1.27. The molecule has 0 heterocycles. The summed E-state index contributed by atoms with van der Waals surface area (Å²) in [4.78, 5) is 28.4. The van der Waals surface area contributed by atoms with Crippen LogP contribution in [0.5, 0.6) is 0 Å². The molecule has 1 aromatic carbocycles. The smallest absolute Gasteiger partial charge is 1.00 e. The van der Waals surface area contributed by atoms with E-state index in [4.69, 9.17) is 5.11 Å². The van der Waals surface area contributed by atoms with Gasteiger partial charge in [0.15, 0.2) is 0 Å². The molecule has 0 amide bonds. The summed E-state index contributed by atoms with van der Waals surface area (Å²) in [7, 11) is 0. The van der Waals surface area contributed by atoms with Gasteiger partial charge in [-0.15, -0.1) is 0 Å². The van der Waals surface area contributed by atoms with Crippen molar-refractivity contribution in [2.75, 3.05) is 0 Å². The summed E-state index contributed by atoms with van der Waals surface area (Å²) < 4.78 is 0. The van der Waals surface area contributed by atoms with E-state index in [1.54, 1.807) is 18.2 Å². The molecule has 0 fully saturated rings. The molecule has 0 atom stereocenters. The van der Waals surface area contributed by atoms with Gasteiger partial charge in [-0.2, -0.15) is 0 Å². The molecule has 0 bridgehead atoms. The van der Waals surface area contributed by atoms with E-state index in [2.05, 4.69) is 9.78 Å². The van der Waals surface area contributed by atoms with Gasteiger partial charge in [0.25, 0.3) is 0 Å². The molecule has 0 saturated carbocycles. The first kappa shape index (κ1) is 12.7. The molecule has 0 saturated heterocycles. The molecule has 0 aliphatic heterocycles. The van der Waals surface area contributed by atoms with Crippen LogP contribution in [0.25, 0.3) is 0 Å². The van der Waals surface area contributed by atoms with Crippen LogP contribution in [0.4, 0.5) is 4.79 Å². The predicted octanol–water partition coefficient (Wildman–Crippen LogP) is 1.30. The number of carbonyl (C=O) groups is 2. The van der Waals surface area contributed by atoms with Gasteiger partial charge in [-0.05, 0) is 12.1 Å². The minimum atomic E-state index is -1.66. The van der Waals surface area contributed by atoms with Crippen LogP contribution in [0.3, 0.4) is 0 Å². The van der Waals surface area contributed by atoms with Crippen LogP contribution in [-0.2, 0) is 9.78 Å². The van der Waals surface area contributed by atoms with Crippen molar-refractivity contribution < 1.29 is 27.3 Å². The van der Waals surface area contributed by atoms with Gasteiger partial charge in [-0.3, -0.25) is 0 Å². The SMILES string of the molecule is O=C(O)OOC(=O)c1ccccc1.[H-].[H-].[Mg+2]. The molecule has 6 heteroatoms. The second-order valence-electron chi connectivity index (χ2n) is 2.09. The molecule has 0 radical (unpaired) electrons. The normalized spacial score (nSPS) is 8.29. The minimum Gasteiger partial charge on any atom is -1.00 e. The topological polar surface area (TPSA) is 72.8 Å². The van der Waals surface area contributed by atoms with E-state index in [0.717, 1.165) is 0 Å². The first-order chi connectivity index (χ1) is 6.20. The van der Waals surface area contributed by atoms with Crippen molar-refractivity contribution in [3.63, 3.8) is 0 Å². The standard InChI is InChI=1S/C8H6O5.Mg.2H/c9-7(12-13-8(10)11)6-4-2-1-3-5-6;;;/h1-5H,(H,10,11);;;/q;+2;2*-1. The second kappa shape index (κ2) is 6.22. The van der Waals surface area contributed by atoms with Crippen molar-refractivity contribution in [2.45, 2.75) is 0 Å². The van der Waals surface area contributed by atoms with Crippen molar-refractivity contribution in [3.05, 3.63) is 35.9 Å². The number of hydrogen-bond donors (Lipinski definition) is 1. The summed E-state index contributed by atoms with van der Waals surface area (Å²) in [5.74, 6) is -0.844. The maximum absolute atomic E-state index is 10.9. The van der Waals surface area contributed by atoms with Crippen LogP contribution >= 0.6 is 0 Å². The third-order valence-electron chi connectivity index (χ3n) is 1.20.